The maximum Gasteiger partial charge on any atom is 0.407 e. The summed E-state index contributed by atoms with van der Waals surface area (Å²) in [6.07, 6.45) is 4.44. The fraction of sp³-hybridized carbons (Fsp3) is 0.500. The lowest BCUT2D eigenvalue weighted by molar-refractivity contribution is 0.0490. The Labute approximate surface area is 226 Å². The minimum atomic E-state index is -0.605. The van der Waals surface area contributed by atoms with E-state index < -0.39 is 23.2 Å². The maximum absolute atomic E-state index is 14.6. The fourth-order valence-corrected chi connectivity index (χ4v) is 5.36. The van der Waals surface area contributed by atoms with Crippen LogP contribution in [0.4, 0.5) is 15.0 Å². The van der Waals surface area contributed by atoms with E-state index in [9.17, 15) is 14.0 Å². The van der Waals surface area contributed by atoms with Gasteiger partial charge in [-0.25, -0.2) is 23.5 Å². The van der Waals surface area contributed by atoms with Gasteiger partial charge in [0.05, 0.1) is 24.4 Å². The van der Waals surface area contributed by atoms with Crippen molar-refractivity contribution < 1.29 is 28.2 Å². The number of carbonyl (C=O) groups excluding carboxylic acids is 2. The highest BCUT2D eigenvalue weighted by molar-refractivity contribution is 5.95. The van der Waals surface area contributed by atoms with Crippen molar-refractivity contribution >= 4 is 23.5 Å². The third kappa shape index (κ3) is 5.22. The number of benzene rings is 1. The number of nitrogens with zero attached hydrogens (tertiary/aromatic N) is 4. The lowest BCUT2D eigenvalue weighted by Gasteiger charge is -2.31. The quantitative estimate of drug-likeness (QED) is 0.418. The molecule has 10 nitrogen and oxygen atoms in total. The topological polar surface area (TPSA) is 107 Å². The van der Waals surface area contributed by atoms with Gasteiger partial charge in [0.2, 0.25) is 0 Å². The van der Waals surface area contributed by atoms with Gasteiger partial charge in [-0.15, -0.1) is 0 Å². The van der Waals surface area contributed by atoms with Crippen LogP contribution >= 0.6 is 0 Å². The van der Waals surface area contributed by atoms with Crippen LogP contribution in [0.15, 0.2) is 36.7 Å². The van der Waals surface area contributed by atoms with Crippen molar-refractivity contribution in [1.29, 1.82) is 0 Å². The number of rotatable bonds is 8. The molecule has 1 saturated carbocycles. The summed E-state index contributed by atoms with van der Waals surface area (Å²) in [5.74, 6) is 0.705. The number of aromatic nitrogens is 3. The molecule has 3 heterocycles. The Kier molecular flexibility index (Phi) is 6.86. The third-order valence-electron chi connectivity index (χ3n) is 7.04. The number of anilines is 1. The molecule has 0 unspecified atom stereocenters. The first-order valence-electron chi connectivity index (χ1n) is 13.2. The summed E-state index contributed by atoms with van der Waals surface area (Å²) in [5.41, 5.74) is 0.361. The first-order valence-corrected chi connectivity index (χ1v) is 13.2. The van der Waals surface area contributed by atoms with Crippen LogP contribution in [0.5, 0.6) is 5.75 Å². The number of nitrogens with one attached hydrogen (secondary N) is 1. The van der Waals surface area contributed by atoms with Crippen LogP contribution in [-0.4, -0.2) is 58.1 Å². The summed E-state index contributed by atoms with van der Waals surface area (Å²) >= 11 is 0. The molecular formula is C28H34FN5O5. The van der Waals surface area contributed by atoms with Gasteiger partial charge >= 0.3 is 12.1 Å². The van der Waals surface area contributed by atoms with E-state index in [1.165, 1.54) is 18.3 Å². The van der Waals surface area contributed by atoms with Crippen molar-refractivity contribution in [2.75, 3.05) is 24.7 Å². The Morgan fingerprint density at radius 1 is 1.28 bits per heavy atom. The number of alkyl carbamates (subject to hydrolysis) is 1. The van der Waals surface area contributed by atoms with Crippen LogP contribution in [0.3, 0.4) is 0 Å². The summed E-state index contributed by atoms with van der Waals surface area (Å²) in [6.45, 7) is 10.1. The molecule has 0 radical (unpaired) electrons. The van der Waals surface area contributed by atoms with E-state index in [4.69, 9.17) is 19.2 Å². The summed E-state index contributed by atoms with van der Waals surface area (Å²) in [6, 6.07) is 6.06. The van der Waals surface area contributed by atoms with Crippen molar-refractivity contribution in [3.63, 3.8) is 0 Å². The Hall–Kier alpha value is -3.89. The molecule has 2 aromatic heterocycles. The standard InChI is InChI=1S/C28H34FN5O5/c1-6-37-25(35)20-15-30-34-12-10-23(32-24(20)34)33-11-9-18-14-28(18,33)21-13-19(29)7-8-22(21)38-16-17(2)31-26(36)39-27(3,4)5/h7-8,10,12-13,15,17-18H,6,9,11,14,16H2,1-5H3,(H,31,36)/t17-,18+,28-/m1/s1. The van der Waals surface area contributed by atoms with E-state index in [0.29, 0.717) is 28.7 Å². The molecule has 1 aliphatic carbocycles. The Bertz CT molecular complexity index is 1400. The average molecular weight is 540 g/mol. The van der Waals surface area contributed by atoms with E-state index >= 15 is 0 Å². The first kappa shape index (κ1) is 26.7. The molecule has 1 aromatic carbocycles. The van der Waals surface area contributed by atoms with Crippen LogP contribution < -0.4 is 15.0 Å². The van der Waals surface area contributed by atoms with Crippen molar-refractivity contribution in [1.82, 2.24) is 19.9 Å². The van der Waals surface area contributed by atoms with Gasteiger partial charge in [-0.2, -0.15) is 5.10 Å². The molecular weight excluding hydrogens is 505 g/mol. The second kappa shape index (κ2) is 10.0. The predicted molar refractivity (Wildman–Crippen MR) is 141 cm³/mol. The number of ether oxygens (including phenoxy) is 3. The van der Waals surface area contributed by atoms with Crippen LogP contribution in [0.25, 0.3) is 5.65 Å². The second-order valence-corrected chi connectivity index (χ2v) is 11.1. The van der Waals surface area contributed by atoms with Crippen LogP contribution in [0.1, 0.15) is 63.4 Å². The minimum absolute atomic E-state index is 0.182. The SMILES string of the molecule is CCOC(=O)c1cnn2ccc(N3CC[C@H]4C[C@]43c3cc(F)ccc3OC[C@@H](C)NC(=O)OC(C)(C)C)nc12. The lowest BCUT2D eigenvalue weighted by atomic mass is 10.0. The molecule has 3 atom stereocenters. The molecule has 11 heteroatoms. The Balaban J connectivity index is 1.40. The number of amides is 1. The highest BCUT2D eigenvalue weighted by Gasteiger charge is 2.64. The number of piperidine rings is 1. The van der Waals surface area contributed by atoms with E-state index in [0.717, 1.165) is 24.9 Å². The van der Waals surface area contributed by atoms with E-state index in [1.54, 1.807) is 44.5 Å². The zero-order valence-corrected chi connectivity index (χ0v) is 22.9. The molecule has 0 spiro atoms. The molecule has 2 aliphatic rings. The Morgan fingerprint density at radius 3 is 2.79 bits per heavy atom. The molecule has 0 bridgehead atoms. The highest BCUT2D eigenvalue weighted by Crippen LogP contribution is 2.64. The summed E-state index contributed by atoms with van der Waals surface area (Å²) in [7, 11) is 0. The largest absolute Gasteiger partial charge is 0.491 e. The zero-order valence-electron chi connectivity index (χ0n) is 22.9. The van der Waals surface area contributed by atoms with Crippen LogP contribution in [0.2, 0.25) is 0 Å². The predicted octanol–water partition coefficient (Wildman–Crippen LogP) is 4.46. The molecule has 1 amide bonds. The van der Waals surface area contributed by atoms with Gasteiger partial charge in [-0.1, -0.05) is 0 Å². The molecule has 39 heavy (non-hydrogen) atoms. The Morgan fingerprint density at radius 2 is 2.08 bits per heavy atom. The van der Waals surface area contributed by atoms with E-state index in [1.807, 2.05) is 13.0 Å². The van der Waals surface area contributed by atoms with Crippen molar-refractivity contribution in [3.05, 3.63) is 53.6 Å². The molecule has 208 valence electrons. The first-order chi connectivity index (χ1) is 18.5. The molecule has 1 aliphatic heterocycles. The third-order valence-corrected chi connectivity index (χ3v) is 7.04. The number of carbonyl (C=O) groups is 2. The van der Waals surface area contributed by atoms with Crippen LogP contribution in [-0.2, 0) is 15.0 Å². The second-order valence-electron chi connectivity index (χ2n) is 11.1. The molecule has 5 rings (SSSR count). The van der Waals surface area contributed by atoms with Crippen molar-refractivity contribution in [2.24, 2.45) is 5.92 Å². The maximum atomic E-state index is 14.6. The van der Waals surface area contributed by atoms with Gasteiger partial charge in [-0.05, 0) is 77.6 Å². The van der Waals surface area contributed by atoms with Crippen LogP contribution in [0, 0.1) is 11.7 Å². The highest BCUT2D eigenvalue weighted by atomic mass is 19.1. The van der Waals surface area contributed by atoms with Gasteiger partial charge in [-0.3, -0.25) is 0 Å². The van der Waals surface area contributed by atoms with Gasteiger partial charge < -0.3 is 24.4 Å². The number of hydrogen-bond donors (Lipinski definition) is 1. The summed E-state index contributed by atoms with van der Waals surface area (Å²) in [5, 5.41) is 7.00. The molecule has 1 N–H and O–H groups in total. The number of halogens is 1. The number of hydrogen-bond acceptors (Lipinski definition) is 8. The normalized spacial score (nSPS) is 20.9. The zero-order chi connectivity index (χ0) is 27.9. The average Bonchev–Trinajstić information content (AvgIpc) is 3.24. The molecule has 2 fully saturated rings. The summed E-state index contributed by atoms with van der Waals surface area (Å²) in [4.78, 5) is 31.5. The lowest BCUT2D eigenvalue weighted by Crippen LogP contribution is -2.40. The van der Waals surface area contributed by atoms with Gasteiger partial charge in [0.25, 0.3) is 0 Å². The number of fused-ring (bicyclic) bond motifs is 2. The van der Waals surface area contributed by atoms with Gasteiger partial charge in [0.15, 0.2) is 5.65 Å². The van der Waals surface area contributed by atoms with Crippen molar-refractivity contribution in [3.8, 4) is 5.75 Å². The number of esters is 1. The smallest absolute Gasteiger partial charge is 0.407 e. The monoisotopic (exact) mass is 539 g/mol. The van der Waals surface area contributed by atoms with Gasteiger partial charge in [0.1, 0.15) is 35.2 Å². The molecule has 3 aromatic rings. The van der Waals surface area contributed by atoms with Crippen molar-refractivity contribution in [2.45, 2.75) is 64.6 Å². The minimum Gasteiger partial charge on any atom is -0.491 e. The molecule has 1 saturated heterocycles. The fourth-order valence-electron chi connectivity index (χ4n) is 5.36. The van der Waals surface area contributed by atoms with Gasteiger partial charge in [0, 0.05) is 18.3 Å². The summed E-state index contributed by atoms with van der Waals surface area (Å²) < 4.78 is 32.8. The van der Waals surface area contributed by atoms with E-state index in [-0.39, 0.29) is 25.1 Å². The van der Waals surface area contributed by atoms with E-state index in [2.05, 4.69) is 15.3 Å².